The summed E-state index contributed by atoms with van der Waals surface area (Å²) in [6.07, 6.45) is 2.98. The number of ketones is 1. The molecule has 0 radical (unpaired) electrons. The lowest BCUT2D eigenvalue weighted by Crippen LogP contribution is -1.98. The van der Waals surface area contributed by atoms with Crippen LogP contribution in [0.5, 0.6) is 0 Å². The molecule has 0 spiro atoms. The van der Waals surface area contributed by atoms with E-state index in [0.717, 1.165) is 18.6 Å². The van der Waals surface area contributed by atoms with Crippen LogP contribution in [0, 0.1) is 0 Å². The molecule has 0 aromatic carbocycles. The monoisotopic (exact) mass is 270 g/mol. The summed E-state index contributed by atoms with van der Waals surface area (Å²) in [6.45, 7) is 2.18. The van der Waals surface area contributed by atoms with Gasteiger partial charge in [-0.2, -0.15) is 0 Å². The normalized spacial score (nSPS) is 10.2. The molecule has 0 aliphatic carbocycles. The van der Waals surface area contributed by atoms with Gasteiger partial charge in [-0.3, -0.25) is 4.79 Å². The molecule has 4 heteroatoms. The minimum atomic E-state index is 0.316. The highest BCUT2D eigenvalue weighted by atomic mass is 79.9. The molecule has 0 saturated carbocycles. The zero-order chi connectivity index (χ0) is 9.23. The zero-order valence-electron chi connectivity index (χ0n) is 7.35. The molecule has 12 heavy (non-hydrogen) atoms. The van der Waals surface area contributed by atoms with Crippen LogP contribution in [0.3, 0.4) is 0 Å². The van der Waals surface area contributed by atoms with E-state index < -0.39 is 0 Å². The quantitative estimate of drug-likeness (QED) is 0.382. The Morgan fingerprint density at radius 3 is 2.58 bits per heavy atom. The Balaban J connectivity index is 2.95. The van der Waals surface area contributed by atoms with E-state index in [2.05, 4.69) is 22.9 Å². The third-order valence-electron chi connectivity index (χ3n) is 1.20. The number of hydrogen-bond donors (Lipinski definition) is 0. The van der Waals surface area contributed by atoms with Crippen LogP contribution in [0.25, 0.3) is 0 Å². The van der Waals surface area contributed by atoms with Crippen molar-refractivity contribution in [2.45, 2.75) is 26.2 Å². The minimum absolute atomic E-state index is 0.316. The van der Waals surface area contributed by atoms with E-state index >= 15 is 0 Å². The lowest BCUT2D eigenvalue weighted by atomic mass is 10.3. The molecule has 0 heterocycles. The maximum absolute atomic E-state index is 10.8. The van der Waals surface area contributed by atoms with Crippen LogP contribution in [-0.4, -0.2) is 22.6 Å². The van der Waals surface area contributed by atoms with Crippen molar-refractivity contribution in [2.24, 2.45) is 0 Å². The lowest BCUT2D eigenvalue weighted by Gasteiger charge is -1.98. The molecule has 0 rings (SSSR count). The van der Waals surface area contributed by atoms with Crippen LogP contribution >= 0.6 is 37.5 Å². The number of halogens is 1. The first-order valence-electron chi connectivity index (χ1n) is 4.13. The van der Waals surface area contributed by atoms with Gasteiger partial charge in [0, 0.05) is 17.9 Å². The molecule has 0 bridgehead atoms. The second-order valence-corrected chi connectivity index (χ2v) is 5.68. The van der Waals surface area contributed by atoms with Gasteiger partial charge in [0.25, 0.3) is 0 Å². The van der Waals surface area contributed by atoms with Gasteiger partial charge in [-0.1, -0.05) is 44.4 Å². The van der Waals surface area contributed by atoms with Crippen molar-refractivity contribution >= 4 is 43.3 Å². The van der Waals surface area contributed by atoms with Crippen molar-refractivity contribution in [3.63, 3.8) is 0 Å². The molecule has 0 aromatic rings. The van der Waals surface area contributed by atoms with E-state index in [-0.39, 0.29) is 0 Å². The van der Waals surface area contributed by atoms with Crippen LogP contribution in [0.4, 0.5) is 0 Å². The first kappa shape index (κ1) is 12.8. The van der Waals surface area contributed by atoms with E-state index in [9.17, 15) is 4.79 Å². The topological polar surface area (TPSA) is 17.1 Å². The summed E-state index contributed by atoms with van der Waals surface area (Å²) in [5, 5.41) is 0.514. The first-order chi connectivity index (χ1) is 5.81. The van der Waals surface area contributed by atoms with E-state index in [1.54, 1.807) is 0 Å². The highest BCUT2D eigenvalue weighted by molar-refractivity contribution is 9.09. The summed E-state index contributed by atoms with van der Waals surface area (Å²) in [5.41, 5.74) is 0. The van der Waals surface area contributed by atoms with Gasteiger partial charge in [0.05, 0.1) is 5.33 Å². The molecular formula is C8H15BrOS2. The Morgan fingerprint density at radius 1 is 1.33 bits per heavy atom. The Labute approximate surface area is 91.0 Å². The SMILES string of the molecule is CCCSSCCCC(=O)CBr. The molecule has 0 aliphatic rings. The second kappa shape index (κ2) is 9.93. The van der Waals surface area contributed by atoms with E-state index in [1.807, 2.05) is 21.6 Å². The van der Waals surface area contributed by atoms with Gasteiger partial charge in [0.1, 0.15) is 5.78 Å². The predicted molar refractivity (Wildman–Crippen MR) is 63.2 cm³/mol. The number of hydrogen-bond acceptors (Lipinski definition) is 3. The van der Waals surface area contributed by atoms with Crippen molar-refractivity contribution in [1.82, 2.24) is 0 Å². The Kier molecular flexibility index (Phi) is 10.6. The van der Waals surface area contributed by atoms with Gasteiger partial charge in [-0.05, 0) is 12.8 Å². The van der Waals surface area contributed by atoms with Gasteiger partial charge in [-0.25, -0.2) is 0 Å². The van der Waals surface area contributed by atoms with Crippen molar-refractivity contribution in [2.75, 3.05) is 16.8 Å². The number of rotatable bonds is 8. The largest absolute Gasteiger partial charge is 0.299 e. The first-order valence-corrected chi connectivity index (χ1v) is 7.74. The zero-order valence-corrected chi connectivity index (χ0v) is 10.6. The van der Waals surface area contributed by atoms with E-state index in [1.165, 1.54) is 12.2 Å². The Hall–Kier alpha value is 0.850. The van der Waals surface area contributed by atoms with E-state index in [0.29, 0.717) is 11.1 Å². The molecule has 0 saturated heterocycles. The number of alkyl halides is 1. The van der Waals surface area contributed by atoms with Gasteiger partial charge < -0.3 is 0 Å². The fraction of sp³-hybridized carbons (Fsp3) is 0.875. The fourth-order valence-electron chi connectivity index (χ4n) is 0.596. The highest BCUT2D eigenvalue weighted by Crippen LogP contribution is 2.22. The third-order valence-corrected chi connectivity index (χ3v) is 4.53. The molecule has 0 atom stereocenters. The van der Waals surface area contributed by atoms with E-state index in [4.69, 9.17) is 0 Å². The molecule has 72 valence electrons. The average molecular weight is 271 g/mol. The standard InChI is InChI=1S/C8H15BrOS2/c1-2-5-11-12-6-3-4-8(10)7-9/h2-7H2,1H3. The van der Waals surface area contributed by atoms with Gasteiger partial charge in [-0.15, -0.1) is 0 Å². The third kappa shape index (κ3) is 8.94. The molecule has 0 aliphatic heterocycles. The van der Waals surface area contributed by atoms with Crippen molar-refractivity contribution < 1.29 is 4.79 Å². The molecule has 1 nitrogen and oxygen atoms in total. The maximum atomic E-state index is 10.8. The summed E-state index contributed by atoms with van der Waals surface area (Å²) >= 11 is 3.15. The molecule has 0 fully saturated rings. The minimum Gasteiger partial charge on any atom is -0.299 e. The maximum Gasteiger partial charge on any atom is 0.143 e. The van der Waals surface area contributed by atoms with Gasteiger partial charge >= 0.3 is 0 Å². The average Bonchev–Trinajstić information content (AvgIpc) is 2.10. The van der Waals surface area contributed by atoms with Gasteiger partial charge in [0.15, 0.2) is 0 Å². The fourth-order valence-corrected chi connectivity index (χ4v) is 3.10. The highest BCUT2D eigenvalue weighted by Gasteiger charge is 1.98. The molecule has 0 unspecified atom stereocenters. The van der Waals surface area contributed by atoms with Gasteiger partial charge in [0.2, 0.25) is 0 Å². The van der Waals surface area contributed by atoms with Crippen molar-refractivity contribution in [3.8, 4) is 0 Å². The molecule has 0 aromatic heterocycles. The summed E-state index contributed by atoms with van der Waals surface area (Å²) in [4.78, 5) is 10.8. The molecule has 0 N–H and O–H groups in total. The number of Topliss-reactive ketones (excluding diaryl/α,β-unsaturated/α-hetero) is 1. The van der Waals surface area contributed by atoms with Crippen LogP contribution in [0.2, 0.25) is 0 Å². The van der Waals surface area contributed by atoms with Crippen LogP contribution < -0.4 is 0 Å². The molecule has 0 amide bonds. The van der Waals surface area contributed by atoms with Crippen LogP contribution in [0.15, 0.2) is 0 Å². The summed E-state index contributed by atoms with van der Waals surface area (Å²) < 4.78 is 0. The molecular weight excluding hydrogens is 256 g/mol. The summed E-state index contributed by atoms with van der Waals surface area (Å²) in [6, 6.07) is 0. The summed E-state index contributed by atoms with van der Waals surface area (Å²) in [5.74, 6) is 2.64. The summed E-state index contributed by atoms with van der Waals surface area (Å²) in [7, 11) is 3.79. The van der Waals surface area contributed by atoms with Crippen molar-refractivity contribution in [3.05, 3.63) is 0 Å². The van der Waals surface area contributed by atoms with Crippen molar-refractivity contribution in [1.29, 1.82) is 0 Å². The number of carbonyl (C=O) groups is 1. The lowest BCUT2D eigenvalue weighted by molar-refractivity contribution is -0.116. The smallest absolute Gasteiger partial charge is 0.143 e. The Bertz CT molecular complexity index is 120. The van der Waals surface area contributed by atoms with Crippen LogP contribution in [-0.2, 0) is 4.79 Å². The number of carbonyl (C=O) groups excluding carboxylic acids is 1. The second-order valence-electron chi connectivity index (χ2n) is 2.42. The van der Waals surface area contributed by atoms with Crippen LogP contribution in [0.1, 0.15) is 26.2 Å². The predicted octanol–water partition coefficient (Wildman–Crippen LogP) is 3.52. The Morgan fingerprint density at radius 2 is 2.00 bits per heavy atom.